The summed E-state index contributed by atoms with van der Waals surface area (Å²) in [4.78, 5) is 28.8. The average molecular weight is 511 g/mol. The third kappa shape index (κ3) is 5.29. The van der Waals surface area contributed by atoms with Crippen LogP contribution in [-0.4, -0.2) is 48.7 Å². The van der Waals surface area contributed by atoms with Crippen LogP contribution in [-0.2, 0) is 21.3 Å². The van der Waals surface area contributed by atoms with Crippen molar-refractivity contribution >= 4 is 40.1 Å². The van der Waals surface area contributed by atoms with Crippen molar-refractivity contribution in [3.8, 4) is 0 Å². The molecule has 1 fully saturated rings. The predicted octanol–water partition coefficient (Wildman–Crippen LogP) is 3.13. The number of halogens is 4. The molecular weight excluding hydrogens is 487 g/mol. The lowest BCUT2D eigenvalue weighted by atomic mass is 9.83. The molecule has 1 aromatic heterocycles. The molecule has 35 heavy (non-hydrogen) atoms. The van der Waals surface area contributed by atoms with Crippen molar-refractivity contribution in [2.75, 3.05) is 32.1 Å². The molecule has 4 N–H and O–H groups in total. The molecule has 3 aromatic rings. The number of piperidine rings is 1. The summed E-state index contributed by atoms with van der Waals surface area (Å²) in [6, 6.07) is 9.68. The van der Waals surface area contributed by atoms with Crippen LogP contribution < -0.4 is 10.2 Å². The summed E-state index contributed by atoms with van der Waals surface area (Å²) < 4.78 is 44.0. The lowest BCUT2D eigenvalue weighted by molar-refractivity contribution is -0.899. The highest BCUT2D eigenvalue weighted by atomic mass is 35.5. The first-order valence-electron chi connectivity index (χ1n) is 10.9. The van der Waals surface area contributed by atoms with E-state index >= 15 is 0 Å². The maximum Gasteiger partial charge on any atom is 0.416 e. The second-order valence-corrected chi connectivity index (χ2v) is 9.08. The van der Waals surface area contributed by atoms with Crippen molar-refractivity contribution in [3.63, 3.8) is 0 Å². The number of anilines is 1. The van der Waals surface area contributed by atoms with Crippen molar-refractivity contribution in [2.45, 2.75) is 24.6 Å². The number of aromatic nitrogens is 1. The van der Waals surface area contributed by atoms with E-state index in [-0.39, 0.29) is 42.2 Å². The predicted molar refractivity (Wildman–Crippen MR) is 123 cm³/mol. The van der Waals surface area contributed by atoms with Gasteiger partial charge in [-0.2, -0.15) is 13.2 Å². The molecule has 1 amide bonds. The van der Waals surface area contributed by atoms with Gasteiger partial charge < -0.3 is 25.0 Å². The van der Waals surface area contributed by atoms with Crippen molar-refractivity contribution < 1.29 is 37.5 Å². The van der Waals surface area contributed by atoms with Gasteiger partial charge >= 0.3 is 12.1 Å². The number of hydrogen-bond acceptors (Lipinski definition) is 4. The first-order chi connectivity index (χ1) is 16.5. The number of esters is 1. The Labute approximate surface area is 203 Å². The van der Waals surface area contributed by atoms with Crippen molar-refractivity contribution in [2.24, 2.45) is 0 Å². The molecular formula is C24H24ClF3N3O4+. The van der Waals surface area contributed by atoms with Crippen LogP contribution >= 0.6 is 11.6 Å². The molecule has 0 bridgehead atoms. The van der Waals surface area contributed by atoms with Gasteiger partial charge in [-0.3, -0.25) is 4.79 Å². The number of fused-ring (bicyclic) bond motifs is 1. The van der Waals surface area contributed by atoms with E-state index in [1.807, 2.05) is 0 Å². The Kier molecular flexibility index (Phi) is 6.81. The topological polar surface area (TPSA) is 95.9 Å². The monoisotopic (exact) mass is 510 g/mol. The van der Waals surface area contributed by atoms with Gasteiger partial charge in [-0.1, -0.05) is 23.7 Å². The number of aliphatic hydroxyl groups is 1. The van der Waals surface area contributed by atoms with E-state index in [1.165, 1.54) is 19.2 Å². The molecule has 186 valence electrons. The van der Waals surface area contributed by atoms with E-state index in [4.69, 9.17) is 16.3 Å². The Bertz CT molecular complexity index is 1270. The van der Waals surface area contributed by atoms with Gasteiger partial charge in [0.05, 0.1) is 31.5 Å². The fourth-order valence-electron chi connectivity index (χ4n) is 4.43. The molecule has 0 saturated carbocycles. The quantitative estimate of drug-likeness (QED) is 0.397. The van der Waals surface area contributed by atoms with E-state index < -0.39 is 23.3 Å². The zero-order chi connectivity index (χ0) is 25.4. The van der Waals surface area contributed by atoms with Crippen LogP contribution in [0.3, 0.4) is 0 Å². The van der Waals surface area contributed by atoms with Gasteiger partial charge in [0.1, 0.15) is 11.3 Å². The van der Waals surface area contributed by atoms with Gasteiger partial charge in [0, 0.05) is 28.8 Å². The minimum atomic E-state index is -4.49. The summed E-state index contributed by atoms with van der Waals surface area (Å²) in [6.07, 6.45) is -4.09. The Balaban J connectivity index is 1.45. The number of likely N-dealkylation sites (tertiary alicyclic amines) is 1. The van der Waals surface area contributed by atoms with E-state index in [1.54, 1.807) is 18.2 Å². The second kappa shape index (κ2) is 9.52. The molecule has 2 aromatic carbocycles. The Morgan fingerprint density at radius 3 is 2.57 bits per heavy atom. The average Bonchev–Trinajstić information content (AvgIpc) is 3.17. The highest BCUT2D eigenvalue weighted by molar-refractivity contribution is 6.31. The van der Waals surface area contributed by atoms with Crippen LogP contribution in [0.5, 0.6) is 0 Å². The maximum absolute atomic E-state index is 13.1. The molecule has 2 heterocycles. The van der Waals surface area contributed by atoms with E-state index in [0.717, 1.165) is 17.0 Å². The number of ether oxygens (including phenoxy) is 1. The van der Waals surface area contributed by atoms with Gasteiger partial charge in [0.2, 0.25) is 0 Å². The van der Waals surface area contributed by atoms with Crippen LogP contribution in [0, 0.1) is 0 Å². The number of hydrogen-bond donors (Lipinski definition) is 4. The third-order valence-corrected chi connectivity index (χ3v) is 6.57. The van der Waals surface area contributed by atoms with E-state index in [0.29, 0.717) is 29.0 Å². The fraction of sp³-hybridized carbons (Fsp3) is 0.333. The summed E-state index contributed by atoms with van der Waals surface area (Å²) >= 11 is 6.08. The maximum atomic E-state index is 13.1. The summed E-state index contributed by atoms with van der Waals surface area (Å²) in [5.41, 5.74) is -1.04. The van der Waals surface area contributed by atoms with Gasteiger partial charge in [0.25, 0.3) is 5.91 Å². The summed E-state index contributed by atoms with van der Waals surface area (Å²) in [5, 5.41) is 14.8. The Hall–Kier alpha value is -3.08. The highest BCUT2D eigenvalue weighted by Crippen LogP contribution is 2.35. The number of carbonyl (C=O) groups is 2. The molecule has 0 unspecified atom stereocenters. The molecule has 7 nitrogen and oxygen atoms in total. The van der Waals surface area contributed by atoms with Gasteiger partial charge in [0.15, 0.2) is 6.54 Å². The van der Waals surface area contributed by atoms with E-state index in [2.05, 4.69) is 10.3 Å². The number of H-pyrrole nitrogens is 1. The number of amides is 1. The molecule has 1 saturated heterocycles. The summed E-state index contributed by atoms with van der Waals surface area (Å²) in [7, 11) is 1.23. The van der Waals surface area contributed by atoms with Gasteiger partial charge in [-0.25, -0.2) is 4.79 Å². The van der Waals surface area contributed by atoms with Crippen LogP contribution in [0.2, 0.25) is 5.02 Å². The standard InChI is InChI=1S/C24H23ClF3N3O4/c1-35-22(33)21-20(17-12-16(25)5-6-18(17)29-21)30-19(32)13-31-9-7-23(34,8-10-31)14-3-2-4-15(11-14)24(26,27)28/h2-6,11-12,29,34H,7-10,13H2,1H3,(H,30,32)/p+1. The molecule has 4 rings (SSSR count). The zero-order valence-corrected chi connectivity index (χ0v) is 19.5. The minimum absolute atomic E-state index is 0.0481. The third-order valence-electron chi connectivity index (χ3n) is 6.34. The van der Waals surface area contributed by atoms with Crippen molar-refractivity contribution in [3.05, 3.63) is 64.3 Å². The Morgan fingerprint density at radius 1 is 1.20 bits per heavy atom. The molecule has 0 aliphatic carbocycles. The second-order valence-electron chi connectivity index (χ2n) is 8.64. The number of carbonyl (C=O) groups excluding carboxylic acids is 2. The Morgan fingerprint density at radius 2 is 1.91 bits per heavy atom. The van der Waals surface area contributed by atoms with Crippen LogP contribution in [0.15, 0.2) is 42.5 Å². The smallest absolute Gasteiger partial charge is 0.416 e. The first kappa shape index (κ1) is 25.0. The van der Waals surface area contributed by atoms with Crippen molar-refractivity contribution in [1.82, 2.24) is 4.98 Å². The highest BCUT2D eigenvalue weighted by Gasteiger charge is 2.39. The normalized spacial score (nSPS) is 20.6. The largest absolute Gasteiger partial charge is 0.464 e. The van der Waals surface area contributed by atoms with Crippen LogP contribution in [0.4, 0.5) is 18.9 Å². The molecule has 0 spiro atoms. The zero-order valence-electron chi connectivity index (χ0n) is 18.8. The number of benzene rings is 2. The number of quaternary nitrogens is 1. The van der Waals surface area contributed by atoms with Gasteiger partial charge in [-0.15, -0.1) is 0 Å². The van der Waals surface area contributed by atoms with Crippen molar-refractivity contribution in [1.29, 1.82) is 0 Å². The number of nitrogens with one attached hydrogen (secondary N) is 3. The SMILES string of the molecule is COC(=O)c1[nH]c2ccc(Cl)cc2c1NC(=O)C[NH+]1CCC(O)(c2cccc(C(F)(F)F)c2)CC1. The number of aromatic amines is 1. The molecule has 11 heteroatoms. The molecule has 1 aliphatic rings. The summed E-state index contributed by atoms with van der Waals surface area (Å²) in [6.45, 7) is 0.806. The number of alkyl halides is 3. The summed E-state index contributed by atoms with van der Waals surface area (Å²) in [5.74, 6) is -1.01. The lowest BCUT2D eigenvalue weighted by Crippen LogP contribution is -3.14. The van der Waals surface area contributed by atoms with Crippen LogP contribution in [0.25, 0.3) is 10.9 Å². The lowest BCUT2D eigenvalue weighted by Gasteiger charge is -2.36. The van der Waals surface area contributed by atoms with Gasteiger partial charge in [-0.05, 0) is 35.9 Å². The first-order valence-corrected chi connectivity index (χ1v) is 11.3. The number of methoxy groups -OCH3 is 1. The minimum Gasteiger partial charge on any atom is -0.464 e. The molecule has 0 radical (unpaired) electrons. The van der Waals surface area contributed by atoms with E-state index in [9.17, 15) is 27.9 Å². The fourth-order valence-corrected chi connectivity index (χ4v) is 4.60. The molecule has 1 aliphatic heterocycles. The van der Waals surface area contributed by atoms with Crippen LogP contribution in [0.1, 0.15) is 34.5 Å². The molecule has 0 atom stereocenters. The number of rotatable bonds is 5.